The standard InChI is InChI=1S/C28H21Cl2N7O2/c29-18-9-5-16(6-10-18)23-15-22(34-37(23)25(38)14-13-24-32-35-36-33-24)27-26(17-7-11-19(30)12-8-17)20-3-1-2-4-21(20)31-28(27)39/h1-12,23H,13-15H2,(H,31,39)(H,32,33,35,36)/t23-/m0/s1. The number of aromatic nitrogens is 5. The van der Waals surface area contributed by atoms with Crippen LogP contribution in [0.5, 0.6) is 0 Å². The number of tetrazole rings is 1. The van der Waals surface area contributed by atoms with E-state index in [1.165, 1.54) is 5.01 Å². The number of hydrogen-bond acceptors (Lipinski definition) is 6. The Morgan fingerprint density at radius 3 is 2.38 bits per heavy atom. The van der Waals surface area contributed by atoms with E-state index < -0.39 is 6.04 Å². The number of nitrogens with zero attached hydrogens (tertiary/aromatic N) is 5. The molecule has 11 heteroatoms. The number of nitrogens with one attached hydrogen (secondary N) is 2. The van der Waals surface area contributed by atoms with E-state index in [-0.39, 0.29) is 17.9 Å². The maximum absolute atomic E-state index is 13.6. The van der Waals surface area contributed by atoms with Gasteiger partial charge in [0.15, 0.2) is 5.82 Å². The smallest absolute Gasteiger partial charge is 0.258 e. The van der Waals surface area contributed by atoms with Gasteiger partial charge in [0.25, 0.3) is 5.56 Å². The van der Waals surface area contributed by atoms with Gasteiger partial charge in [-0.3, -0.25) is 9.59 Å². The van der Waals surface area contributed by atoms with Crippen molar-refractivity contribution in [2.75, 3.05) is 0 Å². The largest absolute Gasteiger partial charge is 0.321 e. The Morgan fingerprint density at radius 1 is 0.949 bits per heavy atom. The van der Waals surface area contributed by atoms with Gasteiger partial charge in [-0.2, -0.15) is 10.3 Å². The van der Waals surface area contributed by atoms with Crippen LogP contribution in [-0.4, -0.2) is 42.2 Å². The quantitative estimate of drug-likeness (QED) is 0.292. The minimum atomic E-state index is -0.418. The molecular formula is C28H21Cl2N7O2. The van der Waals surface area contributed by atoms with E-state index in [1.54, 1.807) is 24.3 Å². The van der Waals surface area contributed by atoms with Crippen LogP contribution in [0.25, 0.3) is 22.0 Å². The highest BCUT2D eigenvalue weighted by Gasteiger charge is 2.35. The van der Waals surface area contributed by atoms with Crippen LogP contribution >= 0.6 is 23.2 Å². The van der Waals surface area contributed by atoms with Crippen molar-refractivity contribution in [3.63, 3.8) is 0 Å². The average molecular weight is 558 g/mol. The molecule has 5 aromatic rings. The number of hydrazone groups is 1. The monoisotopic (exact) mass is 557 g/mol. The summed E-state index contributed by atoms with van der Waals surface area (Å²) >= 11 is 12.3. The number of H-pyrrole nitrogens is 2. The summed E-state index contributed by atoms with van der Waals surface area (Å²) in [6.45, 7) is 0. The van der Waals surface area contributed by atoms with Crippen molar-refractivity contribution in [1.82, 2.24) is 30.6 Å². The summed E-state index contributed by atoms with van der Waals surface area (Å²) in [5.41, 5.74) is 3.77. The molecule has 3 aromatic carbocycles. The molecule has 1 aliphatic rings. The van der Waals surface area contributed by atoms with E-state index in [0.29, 0.717) is 45.5 Å². The Kier molecular flexibility index (Phi) is 6.68. The lowest BCUT2D eigenvalue weighted by Crippen LogP contribution is -2.27. The molecule has 0 fully saturated rings. The van der Waals surface area contributed by atoms with Crippen LogP contribution in [0.15, 0.2) is 82.7 Å². The first-order valence-corrected chi connectivity index (χ1v) is 13.0. The minimum absolute atomic E-state index is 0.124. The number of aryl methyl sites for hydroxylation is 1. The number of benzene rings is 3. The molecule has 3 heterocycles. The third-order valence-corrected chi connectivity index (χ3v) is 7.22. The molecule has 0 unspecified atom stereocenters. The van der Waals surface area contributed by atoms with E-state index in [4.69, 9.17) is 28.3 Å². The van der Waals surface area contributed by atoms with Crippen molar-refractivity contribution >= 4 is 45.7 Å². The Balaban J connectivity index is 1.48. The number of carbonyl (C=O) groups excluding carboxylic acids is 1. The zero-order valence-electron chi connectivity index (χ0n) is 20.4. The maximum atomic E-state index is 13.6. The number of rotatable bonds is 6. The van der Waals surface area contributed by atoms with Gasteiger partial charge in [-0.25, -0.2) is 5.01 Å². The van der Waals surface area contributed by atoms with Crippen LogP contribution in [0.1, 0.15) is 35.8 Å². The Bertz CT molecular complexity index is 1750. The SMILES string of the molecule is O=C(CCc1nn[nH]n1)N1N=C(c2c(-c3ccc(Cl)cc3)c3ccccc3[nH]c2=O)C[C@H]1c1ccc(Cl)cc1. The summed E-state index contributed by atoms with van der Waals surface area (Å²) in [5.74, 6) is 0.214. The zero-order valence-corrected chi connectivity index (χ0v) is 21.9. The van der Waals surface area contributed by atoms with Crippen LogP contribution in [0.4, 0.5) is 0 Å². The van der Waals surface area contributed by atoms with Crippen LogP contribution in [0.3, 0.4) is 0 Å². The van der Waals surface area contributed by atoms with Crippen molar-refractivity contribution in [2.24, 2.45) is 5.10 Å². The molecule has 0 radical (unpaired) electrons. The molecule has 0 saturated heterocycles. The molecule has 39 heavy (non-hydrogen) atoms. The highest BCUT2D eigenvalue weighted by atomic mass is 35.5. The molecular weight excluding hydrogens is 537 g/mol. The molecule has 1 atom stereocenters. The van der Waals surface area contributed by atoms with Crippen molar-refractivity contribution in [3.05, 3.63) is 110 Å². The van der Waals surface area contributed by atoms with Crippen LogP contribution < -0.4 is 5.56 Å². The first kappa shape index (κ1) is 25.0. The van der Waals surface area contributed by atoms with Gasteiger partial charge < -0.3 is 4.98 Å². The molecule has 6 rings (SSSR count). The van der Waals surface area contributed by atoms with Crippen LogP contribution in [-0.2, 0) is 11.2 Å². The van der Waals surface area contributed by atoms with Gasteiger partial charge in [0.2, 0.25) is 5.91 Å². The minimum Gasteiger partial charge on any atom is -0.321 e. The van der Waals surface area contributed by atoms with E-state index in [0.717, 1.165) is 22.1 Å². The highest BCUT2D eigenvalue weighted by molar-refractivity contribution is 6.31. The van der Waals surface area contributed by atoms with Crippen molar-refractivity contribution in [2.45, 2.75) is 25.3 Å². The van der Waals surface area contributed by atoms with Gasteiger partial charge in [-0.05, 0) is 41.5 Å². The second-order valence-electron chi connectivity index (χ2n) is 9.14. The number of hydrogen-bond donors (Lipinski definition) is 2. The fraction of sp³-hybridized carbons (Fsp3) is 0.143. The first-order valence-electron chi connectivity index (χ1n) is 12.3. The predicted octanol–water partition coefficient (Wildman–Crippen LogP) is 5.33. The fourth-order valence-electron chi connectivity index (χ4n) is 4.89. The van der Waals surface area contributed by atoms with Crippen LogP contribution in [0, 0.1) is 0 Å². The lowest BCUT2D eigenvalue weighted by molar-refractivity contribution is -0.133. The van der Waals surface area contributed by atoms with Crippen molar-refractivity contribution < 1.29 is 4.79 Å². The number of para-hydroxylation sites is 1. The topological polar surface area (TPSA) is 120 Å². The maximum Gasteiger partial charge on any atom is 0.258 e. The van der Waals surface area contributed by atoms with Gasteiger partial charge in [0, 0.05) is 45.8 Å². The van der Waals surface area contributed by atoms with Crippen molar-refractivity contribution in [3.8, 4) is 11.1 Å². The molecule has 1 amide bonds. The lowest BCUT2D eigenvalue weighted by atomic mass is 9.91. The molecule has 2 N–H and O–H groups in total. The van der Waals surface area contributed by atoms with Crippen molar-refractivity contribution in [1.29, 1.82) is 0 Å². The Labute approximate surface area is 232 Å². The molecule has 0 aliphatic carbocycles. The molecule has 0 saturated carbocycles. The average Bonchev–Trinajstić information content (AvgIpc) is 3.63. The molecule has 9 nitrogen and oxygen atoms in total. The molecule has 0 bridgehead atoms. The van der Waals surface area contributed by atoms with Gasteiger partial charge in [0.1, 0.15) is 0 Å². The lowest BCUT2D eigenvalue weighted by Gasteiger charge is -2.22. The molecule has 2 aromatic heterocycles. The second kappa shape index (κ2) is 10.4. The number of halogens is 2. The van der Waals surface area contributed by atoms with Gasteiger partial charge in [-0.15, -0.1) is 10.2 Å². The summed E-state index contributed by atoms with van der Waals surface area (Å²) in [7, 11) is 0. The van der Waals surface area contributed by atoms with Crippen LogP contribution in [0.2, 0.25) is 10.0 Å². The summed E-state index contributed by atoms with van der Waals surface area (Å²) < 4.78 is 0. The summed E-state index contributed by atoms with van der Waals surface area (Å²) in [6, 6.07) is 21.8. The summed E-state index contributed by atoms with van der Waals surface area (Å²) in [5, 5.41) is 22.1. The first-order chi connectivity index (χ1) is 19.0. The molecule has 0 spiro atoms. The summed E-state index contributed by atoms with van der Waals surface area (Å²) in [4.78, 5) is 30.1. The number of aromatic amines is 2. The number of fused-ring (bicyclic) bond motifs is 1. The highest BCUT2D eigenvalue weighted by Crippen LogP contribution is 2.37. The predicted molar refractivity (Wildman–Crippen MR) is 150 cm³/mol. The Hall–Kier alpha value is -4.34. The van der Waals surface area contributed by atoms with Gasteiger partial charge in [0.05, 0.1) is 17.3 Å². The third kappa shape index (κ3) is 4.94. The summed E-state index contributed by atoms with van der Waals surface area (Å²) in [6.07, 6.45) is 0.771. The Morgan fingerprint density at radius 2 is 1.67 bits per heavy atom. The zero-order chi connectivity index (χ0) is 26.9. The van der Waals surface area contributed by atoms with Gasteiger partial charge >= 0.3 is 0 Å². The molecule has 1 aliphatic heterocycles. The number of carbonyl (C=O) groups is 1. The number of pyridine rings is 1. The van der Waals surface area contributed by atoms with E-state index in [1.807, 2.05) is 48.5 Å². The third-order valence-electron chi connectivity index (χ3n) is 6.72. The second-order valence-corrected chi connectivity index (χ2v) is 10.0. The van der Waals surface area contributed by atoms with E-state index in [9.17, 15) is 9.59 Å². The van der Waals surface area contributed by atoms with E-state index >= 15 is 0 Å². The van der Waals surface area contributed by atoms with E-state index in [2.05, 4.69) is 25.6 Å². The normalized spacial score (nSPS) is 15.1. The molecule has 194 valence electrons. The fourth-order valence-corrected chi connectivity index (χ4v) is 5.14. The van der Waals surface area contributed by atoms with Gasteiger partial charge in [-0.1, -0.05) is 70.9 Å². The number of amides is 1.